The summed E-state index contributed by atoms with van der Waals surface area (Å²) in [6.45, 7) is 5.56. The van der Waals surface area contributed by atoms with Gasteiger partial charge in [0.2, 0.25) is 0 Å². The first kappa shape index (κ1) is 11.2. The Morgan fingerprint density at radius 3 is 3.18 bits per heavy atom. The van der Waals surface area contributed by atoms with Crippen LogP contribution in [-0.4, -0.2) is 35.1 Å². The first-order valence-corrected chi connectivity index (χ1v) is 6.73. The average molecular weight is 231 g/mol. The molecule has 2 aliphatic heterocycles. The van der Waals surface area contributed by atoms with Crippen molar-refractivity contribution in [2.75, 3.05) is 13.1 Å². The second-order valence-corrected chi connectivity index (χ2v) is 5.29. The van der Waals surface area contributed by atoms with E-state index in [1.54, 1.807) is 0 Å². The molecule has 0 aliphatic carbocycles. The van der Waals surface area contributed by atoms with E-state index in [9.17, 15) is 0 Å². The molecule has 2 unspecified atom stereocenters. The van der Waals surface area contributed by atoms with E-state index in [2.05, 4.69) is 40.3 Å². The molecule has 0 aromatic carbocycles. The Morgan fingerprint density at radius 1 is 1.35 bits per heavy atom. The van der Waals surface area contributed by atoms with Crippen LogP contribution in [-0.2, 0) is 6.54 Å². The maximum atomic E-state index is 4.54. The topological polar surface area (TPSA) is 28.2 Å². The van der Waals surface area contributed by atoms with E-state index in [-0.39, 0.29) is 0 Å². The van der Waals surface area contributed by atoms with Crippen LogP contribution < -0.4 is 5.32 Å². The monoisotopic (exact) mass is 231 g/mol. The lowest BCUT2D eigenvalue weighted by atomic mass is 10.1. The van der Waals surface area contributed by atoms with Gasteiger partial charge >= 0.3 is 0 Å². The smallest absolute Gasteiger partial charge is 0.0544 e. The van der Waals surface area contributed by atoms with Gasteiger partial charge in [-0.15, -0.1) is 0 Å². The van der Waals surface area contributed by atoms with Crippen molar-refractivity contribution in [1.82, 2.24) is 15.2 Å². The molecule has 1 aromatic rings. The van der Waals surface area contributed by atoms with Crippen molar-refractivity contribution >= 4 is 0 Å². The molecule has 0 spiro atoms. The van der Waals surface area contributed by atoms with Crippen LogP contribution in [0.15, 0.2) is 18.2 Å². The van der Waals surface area contributed by atoms with E-state index in [1.165, 1.54) is 38.0 Å². The van der Waals surface area contributed by atoms with Gasteiger partial charge in [-0.1, -0.05) is 6.07 Å². The van der Waals surface area contributed by atoms with Crippen LogP contribution in [0.25, 0.3) is 0 Å². The molecular formula is C14H21N3. The fourth-order valence-electron chi connectivity index (χ4n) is 3.25. The van der Waals surface area contributed by atoms with Gasteiger partial charge in [-0.3, -0.25) is 9.88 Å². The molecule has 3 heteroatoms. The molecule has 3 heterocycles. The summed E-state index contributed by atoms with van der Waals surface area (Å²) in [7, 11) is 0. The molecule has 0 bridgehead atoms. The van der Waals surface area contributed by atoms with E-state index in [0.29, 0.717) is 6.04 Å². The summed E-state index contributed by atoms with van der Waals surface area (Å²) in [5.41, 5.74) is 2.28. The lowest BCUT2D eigenvalue weighted by molar-refractivity contribution is 0.298. The van der Waals surface area contributed by atoms with Crippen LogP contribution in [0.1, 0.15) is 30.7 Å². The number of hydrogen-bond donors (Lipinski definition) is 1. The van der Waals surface area contributed by atoms with Crippen LogP contribution >= 0.6 is 0 Å². The number of pyridine rings is 1. The highest BCUT2D eigenvalue weighted by Crippen LogP contribution is 2.27. The van der Waals surface area contributed by atoms with Gasteiger partial charge in [0.15, 0.2) is 0 Å². The summed E-state index contributed by atoms with van der Waals surface area (Å²) < 4.78 is 0. The third-order valence-corrected chi connectivity index (χ3v) is 4.10. The molecule has 17 heavy (non-hydrogen) atoms. The Hall–Kier alpha value is -0.930. The minimum atomic E-state index is 0.680. The molecule has 3 rings (SSSR count). The number of rotatable bonds is 3. The van der Waals surface area contributed by atoms with E-state index >= 15 is 0 Å². The summed E-state index contributed by atoms with van der Waals surface area (Å²) in [4.78, 5) is 7.18. The zero-order valence-corrected chi connectivity index (χ0v) is 10.5. The molecular weight excluding hydrogens is 210 g/mol. The van der Waals surface area contributed by atoms with E-state index in [4.69, 9.17) is 0 Å². The highest BCUT2D eigenvalue weighted by Gasteiger charge is 2.36. The molecule has 2 fully saturated rings. The zero-order valence-electron chi connectivity index (χ0n) is 10.5. The molecule has 2 saturated heterocycles. The van der Waals surface area contributed by atoms with Gasteiger partial charge in [-0.05, 0) is 44.9 Å². The van der Waals surface area contributed by atoms with Crippen molar-refractivity contribution in [3.05, 3.63) is 29.6 Å². The fraction of sp³-hybridized carbons (Fsp3) is 0.643. The van der Waals surface area contributed by atoms with Crippen molar-refractivity contribution < 1.29 is 0 Å². The first-order chi connectivity index (χ1) is 8.33. The quantitative estimate of drug-likeness (QED) is 0.858. The molecule has 92 valence electrons. The summed E-state index contributed by atoms with van der Waals surface area (Å²) in [5.74, 6) is 0. The Balaban J connectivity index is 1.57. The molecule has 2 aliphatic rings. The van der Waals surface area contributed by atoms with Crippen LogP contribution in [0.3, 0.4) is 0 Å². The number of nitrogens with one attached hydrogen (secondary N) is 1. The van der Waals surface area contributed by atoms with Gasteiger partial charge in [0.25, 0.3) is 0 Å². The minimum absolute atomic E-state index is 0.680. The van der Waals surface area contributed by atoms with Crippen molar-refractivity contribution in [3.8, 4) is 0 Å². The standard InChI is InChI=1S/C14H21N3/c1-11-4-2-5-12(16-11)10-15-13-7-9-17-8-3-6-14(13)17/h2,4-5,13-15H,3,6-10H2,1H3. The van der Waals surface area contributed by atoms with Crippen LogP contribution in [0, 0.1) is 6.92 Å². The number of nitrogens with zero attached hydrogens (tertiary/aromatic N) is 2. The minimum Gasteiger partial charge on any atom is -0.307 e. The Bertz CT molecular complexity index is 391. The van der Waals surface area contributed by atoms with E-state index < -0.39 is 0 Å². The number of aromatic nitrogens is 1. The molecule has 0 radical (unpaired) electrons. The van der Waals surface area contributed by atoms with Gasteiger partial charge in [0.05, 0.1) is 5.69 Å². The molecule has 0 amide bonds. The van der Waals surface area contributed by atoms with Crippen molar-refractivity contribution in [2.24, 2.45) is 0 Å². The molecule has 3 nitrogen and oxygen atoms in total. The third kappa shape index (κ3) is 2.35. The van der Waals surface area contributed by atoms with Crippen LogP contribution in [0.5, 0.6) is 0 Å². The largest absolute Gasteiger partial charge is 0.307 e. The lowest BCUT2D eigenvalue weighted by Crippen LogP contribution is -2.38. The predicted molar refractivity (Wildman–Crippen MR) is 68.8 cm³/mol. The highest BCUT2D eigenvalue weighted by atomic mass is 15.2. The van der Waals surface area contributed by atoms with Gasteiger partial charge in [-0.25, -0.2) is 0 Å². The van der Waals surface area contributed by atoms with Gasteiger partial charge in [0, 0.05) is 30.9 Å². The summed E-state index contributed by atoms with van der Waals surface area (Å²) in [5, 5.41) is 3.69. The molecule has 2 atom stereocenters. The molecule has 1 N–H and O–H groups in total. The highest BCUT2D eigenvalue weighted by molar-refractivity contribution is 5.10. The number of hydrogen-bond acceptors (Lipinski definition) is 3. The Kier molecular flexibility index (Phi) is 3.12. The van der Waals surface area contributed by atoms with Crippen LogP contribution in [0.2, 0.25) is 0 Å². The Morgan fingerprint density at radius 2 is 2.29 bits per heavy atom. The SMILES string of the molecule is Cc1cccc(CNC2CCN3CCCC23)n1. The fourth-order valence-corrected chi connectivity index (χ4v) is 3.25. The maximum absolute atomic E-state index is 4.54. The lowest BCUT2D eigenvalue weighted by Gasteiger charge is -2.21. The summed E-state index contributed by atoms with van der Waals surface area (Å²) >= 11 is 0. The van der Waals surface area contributed by atoms with Crippen molar-refractivity contribution in [3.63, 3.8) is 0 Å². The zero-order chi connectivity index (χ0) is 11.7. The second kappa shape index (κ2) is 4.75. The number of fused-ring (bicyclic) bond motifs is 1. The van der Waals surface area contributed by atoms with Gasteiger partial charge in [-0.2, -0.15) is 0 Å². The maximum Gasteiger partial charge on any atom is 0.0544 e. The molecule has 0 saturated carbocycles. The van der Waals surface area contributed by atoms with Crippen molar-refractivity contribution in [1.29, 1.82) is 0 Å². The average Bonchev–Trinajstić information content (AvgIpc) is 2.89. The van der Waals surface area contributed by atoms with E-state index in [0.717, 1.165) is 18.3 Å². The van der Waals surface area contributed by atoms with Crippen molar-refractivity contribution in [2.45, 2.75) is 44.8 Å². The van der Waals surface area contributed by atoms with Gasteiger partial charge < -0.3 is 5.32 Å². The van der Waals surface area contributed by atoms with Crippen LogP contribution in [0.4, 0.5) is 0 Å². The first-order valence-electron chi connectivity index (χ1n) is 6.73. The summed E-state index contributed by atoms with van der Waals surface area (Å²) in [6, 6.07) is 7.73. The van der Waals surface area contributed by atoms with E-state index in [1.807, 2.05) is 0 Å². The normalized spacial score (nSPS) is 28.5. The molecule has 1 aromatic heterocycles. The Labute approximate surface area is 103 Å². The third-order valence-electron chi connectivity index (χ3n) is 4.10. The number of aryl methyl sites for hydroxylation is 1. The summed E-state index contributed by atoms with van der Waals surface area (Å²) in [6.07, 6.45) is 4.06. The van der Waals surface area contributed by atoms with Gasteiger partial charge in [0.1, 0.15) is 0 Å². The second-order valence-electron chi connectivity index (χ2n) is 5.29. The predicted octanol–water partition coefficient (Wildman–Crippen LogP) is 1.72.